The van der Waals surface area contributed by atoms with Crippen molar-refractivity contribution in [3.05, 3.63) is 60.8 Å². The molecule has 9 nitrogen and oxygen atoms in total. The van der Waals surface area contributed by atoms with E-state index in [9.17, 15) is 9.59 Å². The fourth-order valence-corrected chi connectivity index (χ4v) is 2.94. The monoisotopic (exact) mass is 425 g/mol. The fraction of sp³-hybridized carbons (Fsp3) is 0.318. The number of nitrogens with zero attached hydrogens (tertiary/aromatic N) is 3. The van der Waals surface area contributed by atoms with Crippen LogP contribution in [0.5, 0.6) is 5.75 Å². The van der Waals surface area contributed by atoms with Crippen LogP contribution < -0.4 is 15.4 Å². The van der Waals surface area contributed by atoms with E-state index in [1.807, 2.05) is 0 Å². The van der Waals surface area contributed by atoms with Gasteiger partial charge in [-0.05, 0) is 37.4 Å². The van der Waals surface area contributed by atoms with E-state index in [2.05, 4.69) is 34.5 Å². The number of rotatable bonds is 11. The van der Waals surface area contributed by atoms with Crippen LogP contribution in [0.25, 0.3) is 0 Å². The Morgan fingerprint density at radius 1 is 1.13 bits per heavy atom. The van der Waals surface area contributed by atoms with Gasteiger partial charge in [0.25, 0.3) is 11.8 Å². The van der Waals surface area contributed by atoms with Crippen LogP contribution in [0.3, 0.4) is 0 Å². The minimum Gasteiger partial charge on any atom is -0.484 e. The highest BCUT2D eigenvalue weighted by Crippen LogP contribution is 2.18. The summed E-state index contributed by atoms with van der Waals surface area (Å²) in [4.78, 5) is 26.6. The van der Waals surface area contributed by atoms with E-state index in [0.29, 0.717) is 17.1 Å². The van der Waals surface area contributed by atoms with Crippen molar-refractivity contribution in [2.24, 2.45) is 0 Å². The summed E-state index contributed by atoms with van der Waals surface area (Å²) in [6.45, 7) is 7.73. The summed E-state index contributed by atoms with van der Waals surface area (Å²) in [6.07, 6.45) is 4.85. The van der Waals surface area contributed by atoms with Gasteiger partial charge in [0.15, 0.2) is 12.4 Å². The van der Waals surface area contributed by atoms with Gasteiger partial charge in [-0.15, -0.1) is 0 Å². The second kappa shape index (κ2) is 11.0. The number of ether oxygens (including phenoxy) is 1. The molecular formula is C22H27N5O4. The number of nitrogens with one attached hydrogen (secondary N) is 2. The Hall–Kier alpha value is -3.59. The predicted octanol–water partition coefficient (Wildman–Crippen LogP) is 3.09. The number of hydrogen-bond donors (Lipinski definition) is 2. The van der Waals surface area contributed by atoms with Gasteiger partial charge in [0.05, 0.1) is 24.7 Å². The van der Waals surface area contributed by atoms with E-state index in [-0.39, 0.29) is 24.2 Å². The van der Waals surface area contributed by atoms with Crippen molar-refractivity contribution in [3.63, 3.8) is 0 Å². The van der Waals surface area contributed by atoms with Crippen LogP contribution in [-0.2, 0) is 11.3 Å². The summed E-state index contributed by atoms with van der Waals surface area (Å²) < 4.78 is 12.4. The first-order valence-electron chi connectivity index (χ1n) is 10.2. The maximum absolute atomic E-state index is 12.2. The van der Waals surface area contributed by atoms with Crippen LogP contribution in [0.4, 0.5) is 11.4 Å². The third-order valence-electron chi connectivity index (χ3n) is 4.66. The maximum Gasteiger partial charge on any atom is 0.291 e. The molecule has 0 aliphatic rings. The van der Waals surface area contributed by atoms with Crippen LogP contribution in [-0.4, -0.2) is 52.7 Å². The predicted molar refractivity (Wildman–Crippen MR) is 117 cm³/mol. The number of hydrogen-bond acceptors (Lipinski definition) is 6. The molecule has 0 unspecified atom stereocenters. The van der Waals surface area contributed by atoms with Crippen molar-refractivity contribution in [2.75, 3.05) is 36.9 Å². The van der Waals surface area contributed by atoms with Gasteiger partial charge in [0.2, 0.25) is 0 Å². The van der Waals surface area contributed by atoms with Crippen molar-refractivity contribution < 1.29 is 18.7 Å². The van der Waals surface area contributed by atoms with Gasteiger partial charge in [0, 0.05) is 24.5 Å². The van der Waals surface area contributed by atoms with E-state index in [1.54, 1.807) is 53.5 Å². The molecule has 0 aliphatic heterocycles. The number of likely N-dealkylation sites (N-methyl/N-ethyl adjacent to an activating group) is 1. The lowest BCUT2D eigenvalue weighted by molar-refractivity contribution is -0.118. The number of furan rings is 1. The molecule has 0 spiro atoms. The number of benzene rings is 1. The van der Waals surface area contributed by atoms with Crippen LogP contribution in [0.2, 0.25) is 0 Å². The normalized spacial score (nSPS) is 10.8. The molecule has 1 aromatic carbocycles. The van der Waals surface area contributed by atoms with Crippen molar-refractivity contribution in [1.29, 1.82) is 0 Å². The molecule has 31 heavy (non-hydrogen) atoms. The van der Waals surface area contributed by atoms with Gasteiger partial charge in [0.1, 0.15) is 5.75 Å². The molecule has 2 N–H and O–H groups in total. The maximum atomic E-state index is 12.2. The topological polar surface area (TPSA) is 102 Å². The Labute approximate surface area is 181 Å². The van der Waals surface area contributed by atoms with Gasteiger partial charge < -0.3 is 24.7 Å². The van der Waals surface area contributed by atoms with Gasteiger partial charge in [-0.25, -0.2) is 0 Å². The number of aromatic nitrogens is 2. The molecule has 2 amide bonds. The standard InChI is InChI=1S/C22H27N5O4/c1-3-26(4-2)10-11-27-15-18(14-23-27)24-21(28)16-31-19-8-5-7-17(13-19)25-22(29)20-9-6-12-30-20/h5-9,12-15H,3-4,10-11,16H2,1-2H3,(H,24,28)(H,25,29). The minimum atomic E-state index is -0.363. The van der Waals surface area contributed by atoms with Gasteiger partial charge in [-0.2, -0.15) is 5.10 Å². The first-order valence-corrected chi connectivity index (χ1v) is 10.2. The second-order valence-corrected chi connectivity index (χ2v) is 6.82. The number of amides is 2. The molecule has 0 saturated carbocycles. The van der Waals surface area contributed by atoms with Gasteiger partial charge >= 0.3 is 0 Å². The highest BCUT2D eigenvalue weighted by Gasteiger charge is 2.10. The number of carbonyl (C=O) groups is 2. The average molecular weight is 425 g/mol. The lowest BCUT2D eigenvalue weighted by Crippen LogP contribution is -2.27. The zero-order chi connectivity index (χ0) is 22.1. The van der Waals surface area contributed by atoms with E-state index in [0.717, 1.165) is 26.2 Å². The molecule has 0 radical (unpaired) electrons. The summed E-state index contributed by atoms with van der Waals surface area (Å²) >= 11 is 0. The largest absolute Gasteiger partial charge is 0.484 e. The molecule has 3 rings (SSSR count). The molecule has 0 atom stereocenters. The lowest BCUT2D eigenvalue weighted by atomic mass is 10.3. The highest BCUT2D eigenvalue weighted by molar-refractivity contribution is 6.02. The van der Waals surface area contributed by atoms with Crippen LogP contribution in [0, 0.1) is 0 Å². The van der Waals surface area contributed by atoms with Crippen LogP contribution in [0.15, 0.2) is 59.5 Å². The fourth-order valence-electron chi connectivity index (χ4n) is 2.94. The Balaban J connectivity index is 1.46. The number of carbonyl (C=O) groups excluding carboxylic acids is 2. The van der Waals surface area contributed by atoms with E-state index in [4.69, 9.17) is 9.15 Å². The van der Waals surface area contributed by atoms with Crippen LogP contribution in [0.1, 0.15) is 24.4 Å². The molecule has 164 valence electrons. The van der Waals surface area contributed by atoms with Crippen LogP contribution >= 0.6 is 0 Å². The molecular weight excluding hydrogens is 398 g/mol. The molecule has 9 heteroatoms. The Morgan fingerprint density at radius 2 is 1.97 bits per heavy atom. The minimum absolute atomic E-state index is 0.166. The summed E-state index contributed by atoms with van der Waals surface area (Å²) in [5.41, 5.74) is 1.15. The third kappa shape index (κ3) is 6.71. The Bertz CT molecular complexity index is 979. The van der Waals surface area contributed by atoms with Crippen molar-refractivity contribution in [1.82, 2.24) is 14.7 Å². The van der Waals surface area contributed by atoms with Crippen molar-refractivity contribution >= 4 is 23.2 Å². The first kappa shape index (κ1) is 22.1. The summed E-state index contributed by atoms with van der Waals surface area (Å²) in [5.74, 6) is 0.0110. The summed E-state index contributed by atoms with van der Waals surface area (Å²) in [6, 6.07) is 10.0. The zero-order valence-electron chi connectivity index (χ0n) is 17.7. The SMILES string of the molecule is CCN(CC)CCn1cc(NC(=O)COc2cccc(NC(=O)c3ccco3)c2)cn1. The first-order chi connectivity index (χ1) is 15.1. The lowest BCUT2D eigenvalue weighted by Gasteiger charge is -2.17. The average Bonchev–Trinajstić information content (AvgIpc) is 3.46. The highest BCUT2D eigenvalue weighted by atomic mass is 16.5. The molecule has 0 aliphatic carbocycles. The second-order valence-electron chi connectivity index (χ2n) is 6.82. The molecule has 2 aromatic heterocycles. The van der Waals surface area contributed by atoms with E-state index in [1.165, 1.54) is 6.26 Å². The molecule has 0 bridgehead atoms. The quantitative estimate of drug-likeness (QED) is 0.490. The Kier molecular flexibility index (Phi) is 7.83. The molecule has 0 fully saturated rings. The molecule has 3 aromatic rings. The van der Waals surface area contributed by atoms with E-state index < -0.39 is 0 Å². The summed E-state index contributed by atoms with van der Waals surface area (Å²) in [5, 5.41) is 9.76. The Morgan fingerprint density at radius 3 is 2.71 bits per heavy atom. The molecule has 0 saturated heterocycles. The van der Waals surface area contributed by atoms with E-state index >= 15 is 0 Å². The third-order valence-corrected chi connectivity index (χ3v) is 4.66. The summed E-state index contributed by atoms with van der Waals surface area (Å²) in [7, 11) is 0. The van der Waals surface area contributed by atoms with Gasteiger partial charge in [-0.3, -0.25) is 14.3 Å². The molecule has 2 heterocycles. The van der Waals surface area contributed by atoms with Crippen molar-refractivity contribution in [2.45, 2.75) is 20.4 Å². The number of anilines is 2. The van der Waals surface area contributed by atoms with Crippen molar-refractivity contribution in [3.8, 4) is 5.75 Å². The smallest absolute Gasteiger partial charge is 0.291 e. The van der Waals surface area contributed by atoms with Gasteiger partial charge in [-0.1, -0.05) is 19.9 Å². The zero-order valence-corrected chi connectivity index (χ0v) is 17.7.